The highest BCUT2D eigenvalue weighted by molar-refractivity contribution is 6.09. The normalized spacial score (nSPS) is 11.3. The van der Waals surface area contributed by atoms with Gasteiger partial charge in [0.2, 0.25) is 0 Å². The Morgan fingerprint density at radius 1 is 0.447 bits per heavy atom. The first kappa shape index (κ1) is 22.1. The van der Waals surface area contributed by atoms with E-state index in [9.17, 15) is 0 Å². The van der Waals surface area contributed by atoms with Crippen LogP contribution < -0.4 is 0 Å². The van der Waals surface area contributed by atoms with Crippen molar-refractivity contribution in [1.29, 1.82) is 0 Å². The monoisotopic (exact) mass is 492 g/mol. The molecule has 38 heavy (non-hydrogen) atoms. The molecule has 7 rings (SSSR count). The number of hydrogen-bond donors (Lipinski definition) is 0. The first-order valence-corrected chi connectivity index (χ1v) is 12.4. The molecule has 5 aromatic carbocycles. The number of para-hydroxylation sites is 2. The van der Waals surface area contributed by atoms with Crippen LogP contribution in [0.5, 0.6) is 0 Å². The highest BCUT2D eigenvalue weighted by Gasteiger charge is 2.17. The second-order valence-electron chi connectivity index (χ2n) is 9.07. The van der Waals surface area contributed by atoms with Gasteiger partial charge in [0.1, 0.15) is 5.82 Å². The van der Waals surface area contributed by atoms with Crippen molar-refractivity contribution >= 4 is 21.8 Å². The molecule has 5 heteroatoms. The Balaban J connectivity index is 1.46. The molecule has 4 nitrogen and oxygen atoms in total. The van der Waals surface area contributed by atoms with Crippen LogP contribution in [0.1, 0.15) is 0 Å². The van der Waals surface area contributed by atoms with E-state index in [0.717, 1.165) is 32.9 Å². The van der Waals surface area contributed by atoms with Crippen LogP contribution in [0.2, 0.25) is 0 Å². The number of benzene rings is 5. The molecule has 0 amide bonds. The summed E-state index contributed by atoms with van der Waals surface area (Å²) in [6.07, 6.45) is 0. The van der Waals surface area contributed by atoms with Gasteiger partial charge in [-0.25, -0.2) is 19.3 Å². The average molecular weight is 493 g/mol. The highest BCUT2D eigenvalue weighted by Crippen LogP contribution is 2.34. The van der Waals surface area contributed by atoms with Gasteiger partial charge in [0.15, 0.2) is 17.5 Å². The number of hydrogen-bond acceptors (Lipinski definition) is 3. The molecule has 7 aromatic rings. The number of nitrogens with zero attached hydrogens (tertiary/aromatic N) is 4. The van der Waals surface area contributed by atoms with E-state index < -0.39 is 0 Å². The fraction of sp³-hybridized carbons (Fsp3) is 0. The van der Waals surface area contributed by atoms with Gasteiger partial charge in [-0.2, -0.15) is 0 Å². The van der Waals surface area contributed by atoms with Crippen LogP contribution in [0.25, 0.3) is 61.7 Å². The summed E-state index contributed by atoms with van der Waals surface area (Å²) in [5, 5.41) is 2.15. The maximum absolute atomic E-state index is 15.5. The molecule has 0 bridgehead atoms. The van der Waals surface area contributed by atoms with Crippen molar-refractivity contribution in [3.05, 3.63) is 133 Å². The third-order valence-electron chi connectivity index (χ3n) is 6.72. The van der Waals surface area contributed by atoms with Crippen molar-refractivity contribution in [2.45, 2.75) is 0 Å². The van der Waals surface area contributed by atoms with Gasteiger partial charge in [0, 0.05) is 27.5 Å². The van der Waals surface area contributed by atoms with Gasteiger partial charge >= 0.3 is 0 Å². The largest absolute Gasteiger partial charge is 0.306 e. The summed E-state index contributed by atoms with van der Waals surface area (Å²) in [6.45, 7) is 0. The molecular weight excluding hydrogens is 471 g/mol. The maximum atomic E-state index is 15.5. The summed E-state index contributed by atoms with van der Waals surface area (Å²) in [6, 6.07) is 40.8. The van der Waals surface area contributed by atoms with Crippen molar-refractivity contribution in [2.24, 2.45) is 0 Å². The lowest BCUT2D eigenvalue weighted by atomic mass is 10.1. The molecular formula is C33H21FN4. The summed E-state index contributed by atoms with van der Waals surface area (Å²) in [7, 11) is 0. The zero-order valence-electron chi connectivity index (χ0n) is 20.3. The number of halogens is 1. The van der Waals surface area contributed by atoms with Crippen molar-refractivity contribution in [3.63, 3.8) is 0 Å². The lowest BCUT2D eigenvalue weighted by Gasteiger charge is -2.12. The van der Waals surface area contributed by atoms with Gasteiger partial charge < -0.3 is 4.57 Å². The molecule has 0 aliphatic rings. The molecule has 2 aromatic heterocycles. The van der Waals surface area contributed by atoms with Crippen molar-refractivity contribution in [3.8, 4) is 39.9 Å². The Morgan fingerprint density at radius 3 is 1.42 bits per heavy atom. The standard InChI is InChI=1S/C33H21FN4/c34-27-20-19-24(21-30(27)38-28-17-9-7-15-25(28)26-16-8-10-18-29(26)38)33-36-31(22-11-3-1-4-12-22)35-32(37-33)23-13-5-2-6-14-23/h1-21H. The van der Waals surface area contributed by atoms with E-state index >= 15 is 4.39 Å². The molecule has 0 fully saturated rings. The molecule has 0 radical (unpaired) electrons. The van der Waals surface area contributed by atoms with Crippen LogP contribution in [-0.4, -0.2) is 19.5 Å². The summed E-state index contributed by atoms with van der Waals surface area (Å²) in [5.74, 6) is 1.30. The van der Waals surface area contributed by atoms with E-state index in [2.05, 4.69) is 12.1 Å². The summed E-state index contributed by atoms with van der Waals surface area (Å²) >= 11 is 0. The Morgan fingerprint density at radius 2 is 0.895 bits per heavy atom. The van der Waals surface area contributed by atoms with Gasteiger partial charge in [0.25, 0.3) is 0 Å². The number of fused-ring (bicyclic) bond motifs is 3. The molecule has 0 unspecified atom stereocenters. The first-order valence-electron chi connectivity index (χ1n) is 12.4. The molecule has 0 atom stereocenters. The molecule has 0 aliphatic heterocycles. The minimum Gasteiger partial charge on any atom is -0.306 e. The number of rotatable bonds is 4. The van der Waals surface area contributed by atoms with E-state index in [0.29, 0.717) is 28.7 Å². The quantitative estimate of drug-likeness (QED) is 0.249. The van der Waals surface area contributed by atoms with Crippen LogP contribution in [0.4, 0.5) is 4.39 Å². The fourth-order valence-corrected chi connectivity index (χ4v) is 4.94. The minimum absolute atomic E-state index is 0.319. The Labute approximate surface area is 218 Å². The van der Waals surface area contributed by atoms with Crippen molar-refractivity contribution < 1.29 is 4.39 Å². The van der Waals surface area contributed by atoms with Crippen LogP contribution >= 0.6 is 0 Å². The van der Waals surface area contributed by atoms with E-state index in [4.69, 9.17) is 15.0 Å². The van der Waals surface area contributed by atoms with E-state index in [1.165, 1.54) is 6.07 Å². The van der Waals surface area contributed by atoms with Crippen LogP contribution in [0.3, 0.4) is 0 Å². The Hall–Kier alpha value is -5.16. The first-order chi connectivity index (χ1) is 18.8. The van der Waals surface area contributed by atoms with Crippen molar-refractivity contribution in [2.75, 3.05) is 0 Å². The molecule has 0 aliphatic carbocycles. The minimum atomic E-state index is -0.319. The van der Waals surface area contributed by atoms with Gasteiger partial charge in [0.05, 0.1) is 16.7 Å². The van der Waals surface area contributed by atoms with Gasteiger partial charge in [-0.3, -0.25) is 0 Å². The van der Waals surface area contributed by atoms with E-state index in [-0.39, 0.29) is 5.82 Å². The second kappa shape index (κ2) is 9.05. The molecule has 180 valence electrons. The van der Waals surface area contributed by atoms with Gasteiger partial charge in [-0.05, 0) is 30.3 Å². The molecule has 0 spiro atoms. The SMILES string of the molecule is Fc1ccc(-c2nc(-c3ccccc3)nc(-c3ccccc3)n2)cc1-n1c2ccccc2c2ccccc21. The molecule has 2 heterocycles. The molecule has 0 N–H and O–H groups in total. The van der Waals surface area contributed by atoms with Gasteiger partial charge in [-0.15, -0.1) is 0 Å². The average Bonchev–Trinajstić information content (AvgIpc) is 3.32. The lowest BCUT2D eigenvalue weighted by molar-refractivity contribution is 0.621. The fourth-order valence-electron chi connectivity index (χ4n) is 4.94. The summed E-state index contributed by atoms with van der Waals surface area (Å²) in [4.78, 5) is 14.4. The molecule has 0 saturated heterocycles. The lowest BCUT2D eigenvalue weighted by Crippen LogP contribution is -2.02. The van der Waals surface area contributed by atoms with Crippen LogP contribution in [-0.2, 0) is 0 Å². The van der Waals surface area contributed by atoms with Crippen LogP contribution in [0.15, 0.2) is 127 Å². The maximum Gasteiger partial charge on any atom is 0.164 e. The predicted octanol–water partition coefficient (Wildman–Crippen LogP) is 8.11. The van der Waals surface area contributed by atoms with E-state index in [1.54, 1.807) is 6.07 Å². The summed E-state index contributed by atoms with van der Waals surface area (Å²) in [5.41, 5.74) is 4.81. The third-order valence-corrected chi connectivity index (χ3v) is 6.72. The van der Waals surface area contributed by atoms with Crippen molar-refractivity contribution in [1.82, 2.24) is 19.5 Å². The highest BCUT2D eigenvalue weighted by atomic mass is 19.1. The second-order valence-corrected chi connectivity index (χ2v) is 9.07. The smallest absolute Gasteiger partial charge is 0.164 e. The zero-order chi connectivity index (χ0) is 25.5. The van der Waals surface area contributed by atoms with Gasteiger partial charge in [-0.1, -0.05) is 97.1 Å². The van der Waals surface area contributed by atoms with Crippen LogP contribution in [0, 0.1) is 5.82 Å². The third kappa shape index (κ3) is 3.73. The Bertz CT molecular complexity index is 1820. The summed E-state index contributed by atoms with van der Waals surface area (Å²) < 4.78 is 17.5. The zero-order valence-corrected chi connectivity index (χ0v) is 20.3. The topological polar surface area (TPSA) is 43.6 Å². The van der Waals surface area contributed by atoms with E-state index in [1.807, 2.05) is 108 Å². The molecule has 0 saturated carbocycles. The Kier molecular flexibility index (Phi) is 5.26. The number of aromatic nitrogens is 4. The predicted molar refractivity (Wildman–Crippen MR) is 150 cm³/mol.